The number of esters is 2. The van der Waals surface area contributed by atoms with Gasteiger partial charge in [-0.1, -0.05) is 32.4 Å². The number of hydrogen-bond acceptors (Lipinski definition) is 4. The molecule has 3 saturated carbocycles. The normalized spacial score (nSPS) is 40.3. The number of rotatable bonds is 6. The van der Waals surface area contributed by atoms with Crippen molar-refractivity contribution in [2.24, 2.45) is 40.4 Å². The van der Waals surface area contributed by atoms with Crippen LogP contribution in [0.2, 0.25) is 0 Å². The maximum Gasteiger partial charge on any atom is 0.376 e. The molecule has 0 aliphatic heterocycles. The van der Waals surface area contributed by atoms with E-state index >= 15 is 0 Å². The molecule has 0 aromatic carbocycles. The standard InChI is InChI=1S/C28H42F2O4/c1-17(10-15-28(29,30)25(32)33-5)22-8-9-23-21-7-6-19-16-20(34-18(2)31)11-13-26(19,3)24(21)12-14-27(22,23)4/h6,17,20-24H,7-16H2,1-5H3/t17-,20?,21+,22-,23+,24+,26+,27-/m1/s1. The Hall–Kier alpha value is -1.46. The molecule has 0 radical (unpaired) electrons. The molecule has 4 nitrogen and oxygen atoms in total. The van der Waals surface area contributed by atoms with E-state index in [4.69, 9.17) is 4.74 Å². The number of alkyl halides is 2. The molecular weight excluding hydrogens is 438 g/mol. The predicted octanol–water partition coefficient (Wildman–Crippen LogP) is 6.72. The molecular formula is C28H42F2O4. The highest BCUT2D eigenvalue weighted by Crippen LogP contribution is 2.67. The molecule has 4 rings (SSSR count). The summed E-state index contributed by atoms with van der Waals surface area (Å²) in [4.78, 5) is 22.9. The van der Waals surface area contributed by atoms with Crippen molar-refractivity contribution in [2.45, 2.75) is 104 Å². The Balaban J connectivity index is 1.46. The van der Waals surface area contributed by atoms with Crippen LogP contribution < -0.4 is 0 Å². The largest absolute Gasteiger partial charge is 0.465 e. The molecule has 34 heavy (non-hydrogen) atoms. The molecule has 0 N–H and O–H groups in total. The molecule has 0 saturated heterocycles. The van der Waals surface area contributed by atoms with Gasteiger partial charge in [-0.15, -0.1) is 0 Å². The van der Waals surface area contributed by atoms with Gasteiger partial charge in [-0.3, -0.25) is 4.79 Å². The lowest BCUT2D eigenvalue weighted by molar-refractivity contribution is -0.170. The Morgan fingerprint density at radius 1 is 1.15 bits per heavy atom. The Bertz CT molecular complexity index is 838. The molecule has 8 atom stereocenters. The van der Waals surface area contributed by atoms with Crippen molar-refractivity contribution in [3.05, 3.63) is 11.6 Å². The molecule has 3 fully saturated rings. The second-order valence-electron chi connectivity index (χ2n) is 12.2. The molecule has 0 bridgehead atoms. The van der Waals surface area contributed by atoms with Gasteiger partial charge in [0.1, 0.15) is 6.10 Å². The predicted molar refractivity (Wildman–Crippen MR) is 126 cm³/mol. The number of ether oxygens (including phenoxy) is 2. The SMILES string of the molecule is COC(=O)C(F)(F)CC[C@@H](C)[C@H]1CC[C@H]2[C@@H]3CC=C4CC(OC(C)=O)CC[C@]4(C)[C@H]3CC[C@]12C. The van der Waals surface area contributed by atoms with Gasteiger partial charge in [0.15, 0.2) is 0 Å². The van der Waals surface area contributed by atoms with E-state index in [1.165, 1.54) is 25.3 Å². The first-order valence-corrected chi connectivity index (χ1v) is 13.3. The number of halogens is 2. The third kappa shape index (κ3) is 4.32. The van der Waals surface area contributed by atoms with Crippen molar-refractivity contribution >= 4 is 11.9 Å². The zero-order valence-electron chi connectivity index (χ0n) is 21.5. The summed E-state index contributed by atoms with van der Waals surface area (Å²) in [5.41, 5.74) is 1.85. The Morgan fingerprint density at radius 3 is 2.56 bits per heavy atom. The number of hydrogen-bond donors (Lipinski definition) is 0. The van der Waals surface area contributed by atoms with Crippen LogP contribution in [0.4, 0.5) is 8.78 Å². The lowest BCUT2D eigenvalue weighted by Gasteiger charge is -2.58. The average Bonchev–Trinajstić information content (AvgIpc) is 3.14. The molecule has 6 heteroatoms. The Kier molecular flexibility index (Phi) is 6.94. The molecule has 0 amide bonds. The summed E-state index contributed by atoms with van der Waals surface area (Å²) in [6, 6.07) is 0. The van der Waals surface area contributed by atoms with Crippen molar-refractivity contribution in [3.63, 3.8) is 0 Å². The van der Waals surface area contributed by atoms with Crippen molar-refractivity contribution in [2.75, 3.05) is 7.11 Å². The van der Waals surface area contributed by atoms with Crippen molar-refractivity contribution in [3.8, 4) is 0 Å². The van der Waals surface area contributed by atoms with Crippen LogP contribution in [0.25, 0.3) is 0 Å². The van der Waals surface area contributed by atoms with Crippen molar-refractivity contribution in [1.82, 2.24) is 0 Å². The summed E-state index contributed by atoms with van der Waals surface area (Å²) in [7, 11) is 1.02. The van der Waals surface area contributed by atoms with E-state index in [0.717, 1.165) is 45.6 Å². The lowest BCUT2D eigenvalue weighted by Crippen LogP contribution is -2.51. The lowest BCUT2D eigenvalue weighted by atomic mass is 9.47. The highest BCUT2D eigenvalue weighted by atomic mass is 19.3. The Labute approximate surface area is 203 Å². The summed E-state index contributed by atoms with van der Waals surface area (Å²) in [6.45, 7) is 8.45. The van der Waals surface area contributed by atoms with Gasteiger partial charge in [0.05, 0.1) is 7.11 Å². The summed E-state index contributed by atoms with van der Waals surface area (Å²) in [6.07, 6.45) is 11.0. The molecule has 1 unspecified atom stereocenters. The van der Waals surface area contributed by atoms with Crippen LogP contribution in [-0.4, -0.2) is 31.1 Å². The highest BCUT2D eigenvalue weighted by molar-refractivity contribution is 5.77. The first-order valence-electron chi connectivity index (χ1n) is 13.3. The van der Waals surface area contributed by atoms with Crippen LogP contribution in [0.3, 0.4) is 0 Å². The van der Waals surface area contributed by atoms with Gasteiger partial charge in [0, 0.05) is 19.8 Å². The van der Waals surface area contributed by atoms with Crippen molar-refractivity contribution in [1.29, 1.82) is 0 Å². The number of methoxy groups -OCH3 is 1. The highest BCUT2D eigenvalue weighted by Gasteiger charge is 2.59. The fourth-order valence-electron chi connectivity index (χ4n) is 8.80. The fraction of sp³-hybridized carbons (Fsp3) is 0.857. The monoisotopic (exact) mass is 480 g/mol. The number of fused-ring (bicyclic) bond motifs is 5. The van der Waals surface area contributed by atoms with E-state index in [9.17, 15) is 18.4 Å². The third-order valence-corrected chi connectivity index (χ3v) is 10.5. The molecule has 0 spiro atoms. The van der Waals surface area contributed by atoms with Crippen LogP contribution in [0.15, 0.2) is 11.6 Å². The van der Waals surface area contributed by atoms with Gasteiger partial charge in [-0.05, 0) is 91.8 Å². The van der Waals surface area contributed by atoms with Gasteiger partial charge < -0.3 is 9.47 Å². The van der Waals surface area contributed by atoms with Gasteiger partial charge in [0.2, 0.25) is 0 Å². The summed E-state index contributed by atoms with van der Waals surface area (Å²) in [5.74, 6) is -2.50. The first-order chi connectivity index (χ1) is 15.9. The van der Waals surface area contributed by atoms with Gasteiger partial charge in [-0.25, -0.2) is 4.79 Å². The molecule has 0 aromatic rings. The second-order valence-corrected chi connectivity index (χ2v) is 12.2. The van der Waals surface area contributed by atoms with E-state index < -0.39 is 18.3 Å². The van der Waals surface area contributed by atoms with E-state index in [1.54, 1.807) is 0 Å². The van der Waals surface area contributed by atoms with Crippen LogP contribution in [0, 0.1) is 40.4 Å². The number of allylic oxidation sites excluding steroid dienone is 1. The smallest absolute Gasteiger partial charge is 0.376 e. The maximum atomic E-state index is 14.1. The molecule has 4 aliphatic rings. The second kappa shape index (κ2) is 9.20. The molecule has 192 valence electrons. The Morgan fingerprint density at radius 2 is 1.88 bits per heavy atom. The number of carbonyl (C=O) groups excluding carboxylic acids is 2. The third-order valence-electron chi connectivity index (χ3n) is 10.5. The van der Waals surface area contributed by atoms with Crippen LogP contribution >= 0.6 is 0 Å². The van der Waals surface area contributed by atoms with Gasteiger partial charge >= 0.3 is 17.9 Å². The topological polar surface area (TPSA) is 52.6 Å². The van der Waals surface area contributed by atoms with Gasteiger partial charge in [0.25, 0.3) is 0 Å². The van der Waals surface area contributed by atoms with Crippen molar-refractivity contribution < 1.29 is 27.8 Å². The number of carbonyl (C=O) groups is 2. The minimum Gasteiger partial charge on any atom is -0.465 e. The zero-order chi connectivity index (χ0) is 24.9. The zero-order valence-corrected chi connectivity index (χ0v) is 21.5. The van der Waals surface area contributed by atoms with Crippen LogP contribution in [0.5, 0.6) is 0 Å². The summed E-state index contributed by atoms with van der Waals surface area (Å²) < 4.78 is 38.1. The minimum atomic E-state index is -3.40. The minimum absolute atomic E-state index is 0.0158. The first kappa shape index (κ1) is 25.6. The fourth-order valence-corrected chi connectivity index (χ4v) is 8.80. The quantitative estimate of drug-likeness (QED) is 0.313. The summed E-state index contributed by atoms with van der Waals surface area (Å²) in [5, 5.41) is 0. The van der Waals surface area contributed by atoms with E-state index in [0.29, 0.717) is 30.1 Å². The van der Waals surface area contributed by atoms with Crippen LogP contribution in [-0.2, 0) is 19.1 Å². The maximum absolute atomic E-state index is 14.1. The molecule has 4 aliphatic carbocycles. The summed E-state index contributed by atoms with van der Waals surface area (Å²) >= 11 is 0. The van der Waals surface area contributed by atoms with E-state index in [1.807, 2.05) is 0 Å². The average molecular weight is 481 g/mol. The van der Waals surface area contributed by atoms with Gasteiger partial charge in [-0.2, -0.15) is 8.78 Å². The van der Waals surface area contributed by atoms with Crippen LogP contribution in [0.1, 0.15) is 91.9 Å². The molecule has 0 heterocycles. The molecule has 0 aromatic heterocycles. The van der Waals surface area contributed by atoms with E-state index in [2.05, 4.69) is 31.6 Å². The van der Waals surface area contributed by atoms with E-state index in [-0.39, 0.29) is 28.8 Å².